The molecular formula is C22H18ClNO6. The van der Waals surface area contributed by atoms with Crippen molar-refractivity contribution in [3.05, 3.63) is 80.9 Å². The van der Waals surface area contributed by atoms with Crippen molar-refractivity contribution in [3.63, 3.8) is 0 Å². The van der Waals surface area contributed by atoms with Gasteiger partial charge in [0, 0.05) is 16.8 Å². The van der Waals surface area contributed by atoms with Crippen molar-refractivity contribution in [2.45, 2.75) is 18.9 Å². The maximum atomic E-state index is 13.1. The van der Waals surface area contributed by atoms with E-state index in [9.17, 15) is 14.7 Å². The van der Waals surface area contributed by atoms with Crippen molar-refractivity contribution < 1.29 is 23.8 Å². The molecule has 7 nitrogen and oxygen atoms in total. The largest absolute Gasteiger partial charge is 0.504 e. The van der Waals surface area contributed by atoms with E-state index in [1.165, 1.54) is 13.2 Å². The molecule has 1 aliphatic rings. The first-order valence-electron chi connectivity index (χ1n) is 9.12. The molecular weight excluding hydrogens is 410 g/mol. The van der Waals surface area contributed by atoms with E-state index in [-0.39, 0.29) is 22.8 Å². The highest BCUT2D eigenvalue weighted by atomic mass is 35.5. The minimum atomic E-state index is -1.05. The quantitative estimate of drug-likeness (QED) is 0.656. The number of ether oxygens (including phenoxy) is 2. The van der Waals surface area contributed by atoms with Gasteiger partial charge in [0.2, 0.25) is 0 Å². The second-order valence-corrected chi connectivity index (χ2v) is 7.30. The van der Waals surface area contributed by atoms with E-state index in [1.807, 2.05) is 0 Å². The molecule has 0 saturated carbocycles. The van der Waals surface area contributed by atoms with Crippen molar-refractivity contribution in [1.29, 1.82) is 0 Å². The van der Waals surface area contributed by atoms with Crippen LogP contribution in [0.2, 0.25) is 5.02 Å². The lowest BCUT2D eigenvalue weighted by Gasteiger charge is -2.19. The van der Waals surface area contributed by atoms with Gasteiger partial charge in [-0.2, -0.15) is 0 Å². The molecule has 1 aliphatic heterocycles. The van der Waals surface area contributed by atoms with Gasteiger partial charge in [-0.25, -0.2) is 4.79 Å². The minimum absolute atomic E-state index is 0.114. The Morgan fingerprint density at radius 2 is 1.90 bits per heavy atom. The SMILES string of the molecule is COc1ccc([C@H]2c3c(cc(C)oc3=O)O[C@@H]2C(=O)Nc2ccc(Cl)cc2)cc1O. The number of phenolic OH excluding ortho intramolecular Hbond substituents is 1. The Morgan fingerprint density at radius 1 is 1.17 bits per heavy atom. The van der Waals surface area contributed by atoms with Gasteiger partial charge < -0.3 is 24.3 Å². The lowest BCUT2D eigenvalue weighted by Crippen LogP contribution is -2.35. The normalized spacial score (nSPS) is 17.2. The number of rotatable bonds is 4. The van der Waals surface area contributed by atoms with Crippen molar-refractivity contribution >= 4 is 23.2 Å². The molecule has 2 atom stereocenters. The van der Waals surface area contributed by atoms with E-state index < -0.39 is 23.6 Å². The Hall–Kier alpha value is -3.45. The van der Waals surface area contributed by atoms with Crippen LogP contribution in [0.5, 0.6) is 17.2 Å². The number of nitrogens with one attached hydrogen (secondary N) is 1. The Bertz CT molecular complexity index is 1170. The van der Waals surface area contributed by atoms with Crippen molar-refractivity contribution in [3.8, 4) is 17.2 Å². The van der Waals surface area contributed by atoms with Crippen molar-refractivity contribution in [2.75, 3.05) is 12.4 Å². The first-order chi connectivity index (χ1) is 14.4. The summed E-state index contributed by atoms with van der Waals surface area (Å²) in [6.07, 6.45) is -1.05. The van der Waals surface area contributed by atoms with E-state index >= 15 is 0 Å². The summed E-state index contributed by atoms with van der Waals surface area (Å²) in [6, 6.07) is 12.9. The molecule has 0 bridgehead atoms. The topological polar surface area (TPSA) is 98.0 Å². The Labute approximate surface area is 176 Å². The zero-order valence-corrected chi connectivity index (χ0v) is 16.9. The summed E-state index contributed by atoms with van der Waals surface area (Å²) < 4.78 is 16.2. The molecule has 1 aromatic heterocycles. The fraction of sp³-hybridized carbons (Fsp3) is 0.182. The third-order valence-corrected chi connectivity index (χ3v) is 5.13. The van der Waals surface area contributed by atoms with E-state index in [0.29, 0.717) is 22.0 Å². The Balaban J connectivity index is 1.76. The van der Waals surface area contributed by atoms with Gasteiger partial charge in [-0.05, 0) is 48.9 Å². The number of carbonyl (C=O) groups excluding carboxylic acids is 1. The highest BCUT2D eigenvalue weighted by molar-refractivity contribution is 6.30. The van der Waals surface area contributed by atoms with Gasteiger partial charge in [0.25, 0.3) is 5.91 Å². The van der Waals surface area contributed by atoms with Crippen LogP contribution in [0.4, 0.5) is 5.69 Å². The van der Waals surface area contributed by atoms with Crippen molar-refractivity contribution in [1.82, 2.24) is 0 Å². The van der Waals surface area contributed by atoms with E-state index in [1.54, 1.807) is 49.4 Å². The molecule has 0 fully saturated rings. The van der Waals surface area contributed by atoms with Crippen LogP contribution in [0.25, 0.3) is 0 Å². The number of benzene rings is 2. The minimum Gasteiger partial charge on any atom is -0.504 e. The summed E-state index contributed by atoms with van der Waals surface area (Å²) in [5.41, 5.74) is 0.677. The number of phenols is 1. The highest BCUT2D eigenvalue weighted by Crippen LogP contribution is 2.43. The summed E-state index contributed by atoms with van der Waals surface area (Å²) in [4.78, 5) is 25.7. The van der Waals surface area contributed by atoms with E-state index in [0.717, 1.165) is 0 Å². The van der Waals surface area contributed by atoms with Gasteiger partial charge in [0.1, 0.15) is 11.5 Å². The fourth-order valence-corrected chi connectivity index (χ4v) is 3.65. The van der Waals surface area contributed by atoms with Crippen LogP contribution in [0.15, 0.2) is 57.7 Å². The summed E-state index contributed by atoms with van der Waals surface area (Å²) >= 11 is 5.89. The third-order valence-electron chi connectivity index (χ3n) is 4.87. The van der Waals surface area contributed by atoms with Crippen LogP contribution in [0.1, 0.15) is 22.8 Å². The van der Waals surface area contributed by atoms with Crippen LogP contribution in [-0.2, 0) is 4.79 Å². The average Bonchev–Trinajstić information content (AvgIpc) is 3.09. The number of carbonyl (C=O) groups is 1. The number of aromatic hydroxyl groups is 1. The Kier molecular flexibility index (Phi) is 5.13. The molecule has 2 heterocycles. The van der Waals surface area contributed by atoms with Gasteiger partial charge in [0.05, 0.1) is 18.6 Å². The number of amides is 1. The predicted octanol–water partition coefficient (Wildman–Crippen LogP) is 3.85. The molecule has 2 N–H and O–H groups in total. The second kappa shape index (κ2) is 7.76. The number of aryl methyl sites for hydroxylation is 1. The predicted molar refractivity (Wildman–Crippen MR) is 111 cm³/mol. The van der Waals surface area contributed by atoms with E-state index in [4.69, 9.17) is 25.5 Å². The number of fused-ring (bicyclic) bond motifs is 1. The molecule has 0 aliphatic carbocycles. The van der Waals surface area contributed by atoms with Gasteiger partial charge in [-0.3, -0.25) is 4.79 Å². The monoisotopic (exact) mass is 427 g/mol. The smallest absolute Gasteiger partial charge is 0.343 e. The molecule has 154 valence electrons. The number of anilines is 1. The van der Waals surface area contributed by atoms with Gasteiger partial charge in [0.15, 0.2) is 17.6 Å². The van der Waals surface area contributed by atoms with Gasteiger partial charge in [-0.15, -0.1) is 0 Å². The van der Waals surface area contributed by atoms with E-state index in [2.05, 4.69) is 5.32 Å². The second-order valence-electron chi connectivity index (χ2n) is 6.87. The third kappa shape index (κ3) is 3.59. The molecule has 30 heavy (non-hydrogen) atoms. The molecule has 0 radical (unpaired) electrons. The molecule has 8 heteroatoms. The maximum absolute atomic E-state index is 13.1. The first kappa shape index (κ1) is 19.8. The summed E-state index contributed by atoms with van der Waals surface area (Å²) in [6.45, 7) is 1.63. The van der Waals surface area contributed by atoms with Crippen LogP contribution in [0.3, 0.4) is 0 Å². The lowest BCUT2D eigenvalue weighted by atomic mass is 9.88. The summed E-state index contributed by atoms with van der Waals surface area (Å²) in [5.74, 6) is -0.422. The molecule has 1 amide bonds. The zero-order chi connectivity index (χ0) is 21.4. The van der Waals surface area contributed by atoms with Gasteiger partial charge >= 0.3 is 5.63 Å². The first-order valence-corrected chi connectivity index (χ1v) is 9.50. The standard InChI is InChI=1S/C22H18ClNO6/c1-11-9-17-19(22(27)29-11)18(12-3-8-16(28-2)15(25)10-12)20(30-17)21(26)24-14-6-4-13(23)5-7-14/h3-10,18,20,25H,1-2H3,(H,24,26)/t18-,20-/m0/s1. The number of methoxy groups -OCH3 is 1. The number of hydrogen-bond acceptors (Lipinski definition) is 6. The molecule has 4 rings (SSSR count). The fourth-order valence-electron chi connectivity index (χ4n) is 3.52. The van der Waals surface area contributed by atoms with Crippen LogP contribution in [0, 0.1) is 6.92 Å². The number of hydrogen-bond donors (Lipinski definition) is 2. The summed E-state index contributed by atoms with van der Waals surface area (Å²) in [7, 11) is 1.43. The molecule has 2 aromatic carbocycles. The molecule has 3 aromatic rings. The zero-order valence-electron chi connectivity index (χ0n) is 16.1. The van der Waals surface area contributed by atoms with Crippen LogP contribution < -0.4 is 20.4 Å². The molecule has 0 spiro atoms. The lowest BCUT2D eigenvalue weighted by molar-refractivity contribution is -0.122. The average molecular weight is 428 g/mol. The maximum Gasteiger partial charge on any atom is 0.343 e. The number of halogens is 1. The van der Waals surface area contributed by atoms with Crippen LogP contribution >= 0.6 is 11.6 Å². The Morgan fingerprint density at radius 3 is 2.57 bits per heavy atom. The molecule has 0 saturated heterocycles. The van der Waals surface area contributed by atoms with Gasteiger partial charge in [-0.1, -0.05) is 17.7 Å². The molecule has 0 unspecified atom stereocenters. The van der Waals surface area contributed by atoms with Crippen LogP contribution in [-0.4, -0.2) is 24.2 Å². The summed E-state index contributed by atoms with van der Waals surface area (Å²) in [5, 5.41) is 13.5. The van der Waals surface area contributed by atoms with Crippen molar-refractivity contribution in [2.24, 2.45) is 0 Å². The highest BCUT2D eigenvalue weighted by Gasteiger charge is 2.43.